The maximum atomic E-state index is 12.9. The first-order valence-corrected chi connectivity index (χ1v) is 10.2. The minimum Gasteiger partial charge on any atom is -0.462 e. The molecule has 0 aliphatic carbocycles. The summed E-state index contributed by atoms with van der Waals surface area (Å²) in [5.41, 5.74) is 0.955. The Hall–Kier alpha value is -3.52. The third kappa shape index (κ3) is 5.99. The van der Waals surface area contributed by atoms with Crippen LogP contribution in [0.3, 0.4) is 0 Å². The van der Waals surface area contributed by atoms with Gasteiger partial charge in [-0.25, -0.2) is 4.79 Å². The summed E-state index contributed by atoms with van der Waals surface area (Å²) in [7, 11) is 0. The van der Waals surface area contributed by atoms with E-state index < -0.39 is 10.9 Å². The molecule has 2 aromatic rings. The average Bonchev–Trinajstić information content (AvgIpc) is 2.79. The summed E-state index contributed by atoms with van der Waals surface area (Å²) in [5, 5.41) is 11.2. The lowest BCUT2D eigenvalue weighted by molar-refractivity contribution is -0.384. The molecule has 1 aliphatic rings. The van der Waals surface area contributed by atoms with Crippen LogP contribution in [0.25, 0.3) is 6.08 Å². The highest BCUT2D eigenvalue weighted by atomic mass is 16.6. The molecular formula is C23H25N3O5. The second kappa shape index (κ2) is 10.5. The number of benzene rings is 2. The number of rotatable bonds is 7. The quantitative estimate of drug-likeness (QED) is 0.386. The zero-order valence-corrected chi connectivity index (χ0v) is 17.4. The molecule has 1 heterocycles. The number of amides is 1. The maximum Gasteiger partial charge on any atom is 0.338 e. The molecule has 0 unspecified atom stereocenters. The number of nitrogens with zero attached hydrogens (tertiary/aromatic N) is 3. The van der Waals surface area contributed by atoms with Gasteiger partial charge in [-0.15, -0.1) is 0 Å². The van der Waals surface area contributed by atoms with Crippen molar-refractivity contribution in [3.05, 3.63) is 81.4 Å². The predicted octanol–water partition coefficient (Wildman–Crippen LogP) is 3.24. The van der Waals surface area contributed by atoms with E-state index in [-0.39, 0.29) is 29.3 Å². The fourth-order valence-corrected chi connectivity index (χ4v) is 3.39. The van der Waals surface area contributed by atoms with Gasteiger partial charge in [-0.1, -0.05) is 42.5 Å². The zero-order valence-electron chi connectivity index (χ0n) is 17.4. The highest BCUT2D eigenvalue weighted by Crippen LogP contribution is 2.20. The second-order valence-electron chi connectivity index (χ2n) is 7.15. The molecule has 0 saturated carbocycles. The molecule has 0 aromatic heterocycles. The Morgan fingerprint density at radius 2 is 1.74 bits per heavy atom. The van der Waals surface area contributed by atoms with E-state index in [0.717, 1.165) is 18.2 Å². The number of nitro benzene ring substituents is 1. The van der Waals surface area contributed by atoms with Gasteiger partial charge in [0.05, 0.1) is 17.1 Å². The van der Waals surface area contributed by atoms with Crippen molar-refractivity contribution in [2.24, 2.45) is 0 Å². The van der Waals surface area contributed by atoms with Crippen molar-refractivity contribution < 1.29 is 19.2 Å². The van der Waals surface area contributed by atoms with Gasteiger partial charge in [-0.3, -0.25) is 19.8 Å². The van der Waals surface area contributed by atoms with E-state index in [0.29, 0.717) is 26.2 Å². The molecule has 8 nitrogen and oxygen atoms in total. The van der Waals surface area contributed by atoms with E-state index in [2.05, 4.69) is 17.1 Å². The lowest BCUT2D eigenvalue weighted by atomic mass is 10.1. The third-order valence-corrected chi connectivity index (χ3v) is 5.02. The van der Waals surface area contributed by atoms with Crippen LogP contribution in [0.1, 0.15) is 33.2 Å². The predicted molar refractivity (Wildman–Crippen MR) is 117 cm³/mol. The number of nitro groups is 1. The fraction of sp³-hybridized carbons (Fsp3) is 0.304. The maximum absolute atomic E-state index is 12.9. The summed E-state index contributed by atoms with van der Waals surface area (Å²) in [6, 6.07) is 13.7. The minimum atomic E-state index is -0.685. The van der Waals surface area contributed by atoms with E-state index >= 15 is 0 Å². The summed E-state index contributed by atoms with van der Waals surface area (Å²) >= 11 is 0. The van der Waals surface area contributed by atoms with Gasteiger partial charge in [0, 0.05) is 50.4 Å². The molecule has 8 heteroatoms. The molecule has 0 radical (unpaired) electrons. The van der Waals surface area contributed by atoms with Gasteiger partial charge in [0.15, 0.2) is 0 Å². The Kier molecular flexibility index (Phi) is 7.50. The van der Waals surface area contributed by atoms with E-state index in [1.807, 2.05) is 30.3 Å². The molecule has 0 spiro atoms. The summed E-state index contributed by atoms with van der Waals surface area (Å²) in [6.07, 6.45) is 4.16. The van der Waals surface area contributed by atoms with Gasteiger partial charge in [-0.05, 0) is 18.6 Å². The van der Waals surface area contributed by atoms with Gasteiger partial charge in [0.1, 0.15) is 0 Å². The van der Waals surface area contributed by atoms with E-state index in [1.54, 1.807) is 11.8 Å². The number of piperazine rings is 1. The van der Waals surface area contributed by atoms with E-state index in [4.69, 9.17) is 4.74 Å². The molecule has 0 bridgehead atoms. The van der Waals surface area contributed by atoms with Crippen LogP contribution in [-0.2, 0) is 4.74 Å². The average molecular weight is 423 g/mol. The number of carbonyl (C=O) groups is 2. The molecule has 1 aliphatic heterocycles. The van der Waals surface area contributed by atoms with Crippen LogP contribution in [0.15, 0.2) is 54.6 Å². The van der Waals surface area contributed by atoms with Gasteiger partial charge < -0.3 is 9.64 Å². The Morgan fingerprint density at radius 1 is 1.06 bits per heavy atom. The van der Waals surface area contributed by atoms with Gasteiger partial charge in [0.2, 0.25) is 0 Å². The van der Waals surface area contributed by atoms with Crippen molar-refractivity contribution in [1.29, 1.82) is 0 Å². The zero-order chi connectivity index (χ0) is 22.2. The number of non-ortho nitro benzene ring substituents is 1. The third-order valence-electron chi connectivity index (χ3n) is 5.02. The Balaban J connectivity index is 1.62. The van der Waals surface area contributed by atoms with Crippen molar-refractivity contribution in [3.8, 4) is 0 Å². The first kappa shape index (κ1) is 22.2. The minimum absolute atomic E-state index is 0.00378. The molecule has 1 saturated heterocycles. The van der Waals surface area contributed by atoms with Crippen LogP contribution in [0.2, 0.25) is 0 Å². The van der Waals surface area contributed by atoms with Crippen LogP contribution in [0, 0.1) is 10.1 Å². The topological polar surface area (TPSA) is 93.0 Å². The van der Waals surface area contributed by atoms with Gasteiger partial charge in [0.25, 0.3) is 11.6 Å². The van der Waals surface area contributed by atoms with Crippen LogP contribution in [0.4, 0.5) is 5.69 Å². The summed E-state index contributed by atoms with van der Waals surface area (Å²) < 4.78 is 4.93. The SMILES string of the molecule is CCOC(=O)c1cc(C(=O)N2CCN(C/C=C/c3ccccc3)CC2)cc([N+](=O)[O-])c1. The summed E-state index contributed by atoms with van der Waals surface area (Å²) in [6.45, 7) is 4.99. The number of hydrogen-bond acceptors (Lipinski definition) is 6. The monoisotopic (exact) mass is 423 g/mol. The van der Waals surface area contributed by atoms with Crippen LogP contribution >= 0.6 is 0 Å². The van der Waals surface area contributed by atoms with E-state index in [1.165, 1.54) is 12.1 Å². The highest BCUT2D eigenvalue weighted by molar-refractivity contribution is 5.99. The molecule has 3 rings (SSSR count). The highest BCUT2D eigenvalue weighted by Gasteiger charge is 2.25. The van der Waals surface area contributed by atoms with Crippen molar-refractivity contribution in [2.75, 3.05) is 39.3 Å². The van der Waals surface area contributed by atoms with Gasteiger partial charge in [-0.2, -0.15) is 0 Å². The van der Waals surface area contributed by atoms with Crippen LogP contribution in [-0.4, -0.2) is 65.9 Å². The Morgan fingerprint density at radius 3 is 2.39 bits per heavy atom. The first-order chi connectivity index (χ1) is 15.0. The smallest absolute Gasteiger partial charge is 0.338 e. The van der Waals surface area contributed by atoms with Crippen molar-refractivity contribution in [2.45, 2.75) is 6.92 Å². The lowest BCUT2D eigenvalue weighted by Crippen LogP contribution is -2.48. The van der Waals surface area contributed by atoms with E-state index in [9.17, 15) is 19.7 Å². The molecule has 2 aromatic carbocycles. The second-order valence-corrected chi connectivity index (χ2v) is 7.15. The lowest BCUT2D eigenvalue weighted by Gasteiger charge is -2.34. The molecule has 162 valence electrons. The normalized spacial score (nSPS) is 14.5. The van der Waals surface area contributed by atoms with Crippen LogP contribution in [0.5, 0.6) is 0 Å². The Labute approximate surface area is 180 Å². The molecular weight excluding hydrogens is 398 g/mol. The number of carbonyl (C=O) groups excluding carboxylic acids is 2. The first-order valence-electron chi connectivity index (χ1n) is 10.2. The van der Waals surface area contributed by atoms with Crippen molar-refractivity contribution >= 4 is 23.6 Å². The van der Waals surface area contributed by atoms with Crippen LogP contribution < -0.4 is 0 Å². The molecule has 0 atom stereocenters. The fourth-order valence-electron chi connectivity index (χ4n) is 3.39. The van der Waals surface area contributed by atoms with Gasteiger partial charge >= 0.3 is 5.97 Å². The van der Waals surface area contributed by atoms with Crippen molar-refractivity contribution in [1.82, 2.24) is 9.80 Å². The molecule has 31 heavy (non-hydrogen) atoms. The molecule has 0 N–H and O–H groups in total. The number of hydrogen-bond donors (Lipinski definition) is 0. The number of ether oxygens (including phenoxy) is 1. The Bertz CT molecular complexity index is 966. The molecule has 1 fully saturated rings. The molecule has 1 amide bonds. The standard InChI is InChI=1S/C23H25N3O5/c1-2-31-23(28)20-15-19(16-21(17-20)26(29)30)22(27)25-13-11-24(12-14-25)10-6-9-18-7-4-3-5-8-18/h3-9,15-17H,2,10-14H2,1H3/b9-6+. The number of esters is 1. The summed E-state index contributed by atoms with van der Waals surface area (Å²) in [5.74, 6) is -1.01. The van der Waals surface area contributed by atoms with Crippen molar-refractivity contribution in [3.63, 3.8) is 0 Å². The summed E-state index contributed by atoms with van der Waals surface area (Å²) in [4.78, 5) is 39.5. The largest absolute Gasteiger partial charge is 0.462 e.